The maximum Gasteiger partial charge on any atom is 0.280 e. The van der Waals surface area contributed by atoms with Crippen LogP contribution >= 0.6 is 0 Å². The van der Waals surface area contributed by atoms with E-state index in [1.165, 1.54) is 11.0 Å². The molecule has 0 bridgehead atoms. The van der Waals surface area contributed by atoms with Gasteiger partial charge in [-0.05, 0) is 0 Å². The Hall–Kier alpha value is -3.16. The molecule has 0 saturated heterocycles. The maximum atomic E-state index is 12.1. The number of nitrogens with zero attached hydrogens (tertiary/aromatic N) is 3. The van der Waals surface area contributed by atoms with E-state index in [1.807, 2.05) is 30.3 Å². The van der Waals surface area contributed by atoms with E-state index in [0.29, 0.717) is 23.9 Å². The summed E-state index contributed by atoms with van der Waals surface area (Å²) >= 11 is 0. The van der Waals surface area contributed by atoms with Crippen molar-refractivity contribution in [2.45, 2.75) is 19.4 Å². The van der Waals surface area contributed by atoms with Gasteiger partial charge in [-0.3, -0.25) is 9.59 Å². The molecule has 0 spiro atoms. The number of aromatic amines is 1. The Bertz CT molecular complexity index is 865. The number of aryl methyl sites for hydroxylation is 1. The number of carbonyl (C=O) groups is 1. The number of nitrogens with one attached hydrogen (secondary N) is 1. The van der Waals surface area contributed by atoms with Crippen molar-refractivity contribution in [1.29, 1.82) is 0 Å². The van der Waals surface area contributed by atoms with Gasteiger partial charge in [0.2, 0.25) is 17.6 Å². The number of hydrogen-bond acceptors (Lipinski definition) is 6. The van der Waals surface area contributed by atoms with Gasteiger partial charge < -0.3 is 13.9 Å². The van der Waals surface area contributed by atoms with Crippen molar-refractivity contribution in [1.82, 2.24) is 20.2 Å². The molecule has 1 aromatic carbocycles. The Morgan fingerprint density at radius 1 is 1.29 bits per heavy atom. The first-order chi connectivity index (χ1) is 11.6. The lowest BCUT2D eigenvalue weighted by Gasteiger charge is -2.13. The highest BCUT2D eigenvalue weighted by Gasteiger charge is 2.15. The van der Waals surface area contributed by atoms with Gasteiger partial charge >= 0.3 is 0 Å². The summed E-state index contributed by atoms with van der Waals surface area (Å²) in [6.07, 6.45) is 0.567. The minimum atomic E-state index is -0.315. The largest absolute Gasteiger partial charge is 0.384 e. The van der Waals surface area contributed by atoms with Crippen molar-refractivity contribution >= 4 is 5.91 Å². The first kappa shape index (κ1) is 15.7. The average Bonchev–Trinajstić information content (AvgIpc) is 3.22. The monoisotopic (exact) mass is 328 g/mol. The van der Waals surface area contributed by atoms with Gasteiger partial charge in [-0.1, -0.05) is 35.5 Å². The molecule has 0 atom stereocenters. The molecule has 124 valence electrons. The van der Waals surface area contributed by atoms with Gasteiger partial charge in [-0.2, -0.15) is 10.1 Å². The molecule has 0 unspecified atom stereocenters. The highest BCUT2D eigenvalue weighted by Crippen LogP contribution is 2.15. The Morgan fingerprint density at radius 3 is 2.79 bits per heavy atom. The van der Waals surface area contributed by atoms with E-state index in [1.54, 1.807) is 7.05 Å². The molecule has 0 aliphatic carbocycles. The first-order valence-electron chi connectivity index (χ1n) is 7.41. The van der Waals surface area contributed by atoms with E-state index < -0.39 is 0 Å². The zero-order valence-electron chi connectivity index (χ0n) is 13.1. The normalized spacial score (nSPS) is 10.7. The second kappa shape index (κ2) is 6.95. The van der Waals surface area contributed by atoms with Gasteiger partial charge in [0.15, 0.2) is 0 Å². The minimum absolute atomic E-state index is 0.113. The molecule has 3 rings (SSSR count). The molecule has 1 amide bonds. The summed E-state index contributed by atoms with van der Waals surface area (Å²) in [5, 5.41) is 6.11. The van der Waals surface area contributed by atoms with Crippen molar-refractivity contribution in [2.24, 2.45) is 0 Å². The van der Waals surface area contributed by atoms with E-state index in [9.17, 15) is 9.59 Å². The van der Waals surface area contributed by atoms with Crippen LogP contribution in [0.5, 0.6) is 0 Å². The third-order valence-corrected chi connectivity index (χ3v) is 3.46. The van der Waals surface area contributed by atoms with Gasteiger partial charge in [-0.15, -0.1) is 0 Å². The fourth-order valence-corrected chi connectivity index (χ4v) is 2.18. The van der Waals surface area contributed by atoms with Crippen molar-refractivity contribution in [3.8, 4) is 11.4 Å². The predicted octanol–water partition coefficient (Wildman–Crippen LogP) is 1.61. The van der Waals surface area contributed by atoms with E-state index in [-0.39, 0.29) is 24.4 Å². The number of carbonyl (C=O) groups excluding carboxylic acids is 1. The second-order valence-corrected chi connectivity index (χ2v) is 5.31. The topological polar surface area (TPSA) is 105 Å². The molecular weight excluding hydrogens is 312 g/mol. The number of benzene rings is 1. The number of aromatic nitrogens is 3. The summed E-state index contributed by atoms with van der Waals surface area (Å²) in [7, 11) is 1.65. The summed E-state index contributed by atoms with van der Waals surface area (Å²) in [6, 6.07) is 10.8. The number of rotatable bonds is 6. The minimum Gasteiger partial charge on any atom is -0.384 e. The van der Waals surface area contributed by atoms with Gasteiger partial charge in [0.1, 0.15) is 5.76 Å². The number of hydrogen-bond donors (Lipinski definition) is 1. The number of H-pyrrole nitrogens is 1. The molecule has 8 nitrogen and oxygen atoms in total. The van der Waals surface area contributed by atoms with Crippen molar-refractivity contribution in [3.05, 3.63) is 58.4 Å². The van der Waals surface area contributed by atoms with Crippen LogP contribution in [0, 0.1) is 0 Å². The highest BCUT2D eigenvalue weighted by molar-refractivity contribution is 5.75. The second-order valence-electron chi connectivity index (χ2n) is 5.31. The van der Waals surface area contributed by atoms with E-state index >= 15 is 0 Å². The van der Waals surface area contributed by atoms with Crippen LogP contribution in [0.2, 0.25) is 0 Å². The molecule has 2 aromatic heterocycles. The standard InChI is InChI=1S/C16H16N4O4/c1-20(15(22)8-7-12-9-13(21)18-23-12)10-14-17-16(19-24-14)11-5-3-2-4-6-11/h2-6,9H,7-8,10H2,1H3,(H,18,21). The van der Waals surface area contributed by atoms with Gasteiger partial charge in [0, 0.05) is 31.5 Å². The molecule has 0 aliphatic rings. The van der Waals surface area contributed by atoms with Crippen LogP contribution in [0.25, 0.3) is 11.4 Å². The molecule has 2 heterocycles. The molecule has 0 aliphatic heterocycles. The third kappa shape index (κ3) is 3.78. The molecule has 0 saturated carbocycles. The quantitative estimate of drug-likeness (QED) is 0.737. The van der Waals surface area contributed by atoms with Crippen LogP contribution in [0.4, 0.5) is 0 Å². The molecule has 0 radical (unpaired) electrons. The lowest BCUT2D eigenvalue weighted by Crippen LogP contribution is -2.26. The Balaban J connectivity index is 1.56. The predicted molar refractivity (Wildman–Crippen MR) is 83.9 cm³/mol. The fraction of sp³-hybridized carbons (Fsp3) is 0.250. The average molecular weight is 328 g/mol. The SMILES string of the molecule is CN(Cc1nc(-c2ccccc2)no1)C(=O)CCc1cc(=O)[nH]o1. The van der Waals surface area contributed by atoms with Crippen molar-refractivity contribution < 1.29 is 13.8 Å². The summed E-state index contributed by atoms with van der Waals surface area (Å²) in [5.41, 5.74) is 0.536. The smallest absolute Gasteiger partial charge is 0.280 e. The van der Waals surface area contributed by atoms with E-state index in [2.05, 4.69) is 15.3 Å². The number of amides is 1. The zero-order valence-corrected chi connectivity index (χ0v) is 13.1. The Labute approximate surface area is 137 Å². The van der Waals surface area contributed by atoms with E-state index in [4.69, 9.17) is 9.05 Å². The third-order valence-electron chi connectivity index (χ3n) is 3.46. The van der Waals surface area contributed by atoms with Crippen LogP contribution in [0.1, 0.15) is 18.1 Å². The lowest BCUT2D eigenvalue weighted by atomic mass is 10.2. The van der Waals surface area contributed by atoms with Crippen LogP contribution in [-0.2, 0) is 17.8 Å². The van der Waals surface area contributed by atoms with Crippen LogP contribution < -0.4 is 5.56 Å². The molecule has 0 fully saturated rings. The van der Waals surface area contributed by atoms with Crippen LogP contribution in [-0.4, -0.2) is 33.2 Å². The fourth-order valence-electron chi connectivity index (χ4n) is 2.18. The summed E-state index contributed by atoms with van der Waals surface area (Å²) in [5.74, 6) is 1.18. The Morgan fingerprint density at radius 2 is 2.08 bits per heavy atom. The lowest BCUT2D eigenvalue weighted by molar-refractivity contribution is -0.130. The molecule has 8 heteroatoms. The van der Waals surface area contributed by atoms with Gasteiger partial charge in [0.05, 0.1) is 6.54 Å². The Kier molecular flexibility index (Phi) is 4.55. The zero-order chi connectivity index (χ0) is 16.9. The van der Waals surface area contributed by atoms with Crippen molar-refractivity contribution in [2.75, 3.05) is 7.05 Å². The summed E-state index contributed by atoms with van der Waals surface area (Å²) in [6.45, 7) is 0.218. The summed E-state index contributed by atoms with van der Waals surface area (Å²) in [4.78, 5) is 28.8. The van der Waals surface area contributed by atoms with Crippen LogP contribution in [0.3, 0.4) is 0 Å². The first-order valence-corrected chi connectivity index (χ1v) is 7.41. The molecular formula is C16H16N4O4. The molecule has 24 heavy (non-hydrogen) atoms. The highest BCUT2D eigenvalue weighted by atomic mass is 16.5. The maximum absolute atomic E-state index is 12.1. The van der Waals surface area contributed by atoms with Crippen LogP contribution in [0.15, 0.2) is 50.2 Å². The van der Waals surface area contributed by atoms with Gasteiger partial charge in [-0.25, -0.2) is 0 Å². The molecule has 1 N–H and O–H groups in total. The van der Waals surface area contributed by atoms with Gasteiger partial charge in [0.25, 0.3) is 5.56 Å². The molecule has 3 aromatic rings. The summed E-state index contributed by atoms with van der Waals surface area (Å²) < 4.78 is 10.1. The van der Waals surface area contributed by atoms with Crippen molar-refractivity contribution in [3.63, 3.8) is 0 Å². The van der Waals surface area contributed by atoms with E-state index in [0.717, 1.165) is 5.56 Å².